The molecular formula is C8H8F2N2O5S. The van der Waals surface area contributed by atoms with Gasteiger partial charge < -0.3 is 5.11 Å². The van der Waals surface area contributed by atoms with E-state index in [1.807, 2.05) is 0 Å². The highest BCUT2D eigenvalue weighted by molar-refractivity contribution is 7.92. The van der Waals surface area contributed by atoms with Crippen LogP contribution in [0.5, 0.6) is 0 Å². The van der Waals surface area contributed by atoms with Crippen molar-refractivity contribution in [2.75, 3.05) is 17.1 Å². The first-order chi connectivity index (χ1) is 8.26. The molecule has 2 N–H and O–H groups in total. The van der Waals surface area contributed by atoms with Gasteiger partial charge in [-0.15, -0.1) is 0 Å². The standard InChI is InChI=1S/C8H8F2N2O5S/c9-5-3-6(10)8(12(14)15)4-7(5)11-18(16,17)2-1-13/h3-4,11,13H,1-2H2. The first-order valence-electron chi connectivity index (χ1n) is 4.51. The fourth-order valence-corrected chi connectivity index (χ4v) is 1.93. The summed E-state index contributed by atoms with van der Waals surface area (Å²) < 4.78 is 50.3. The van der Waals surface area contributed by atoms with E-state index >= 15 is 0 Å². The Hall–Kier alpha value is -1.81. The van der Waals surface area contributed by atoms with Crippen LogP contribution in [0.15, 0.2) is 12.1 Å². The molecule has 0 unspecified atom stereocenters. The Morgan fingerprint density at radius 1 is 1.33 bits per heavy atom. The predicted molar refractivity (Wildman–Crippen MR) is 57.5 cm³/mol. The van der Waals surface area contributed by atoms with Gasteiger partial charge >= 0.3 is 5.69 Å². The van der Waals surface area contributed by atoms with Crippen molar-refractivity contribution < 1.29 is 27.2 Å². The Morgan fingerprint density at radius 3 is 2.44 bits per heavy atom. The van der Waals surface area contributed by atoms with Crippen LogP contribution in [-0.2, 0) is 10.0 Å². The van der Waals surface area contributed by atoms with Gasteiger partial charge in [0, 0.05) is 12.1 Å². The van der Waals surface area contributed by atoms with Crippen molar-refractivity contribution in [2.24, 2.45) is 0 Å². The van der Waals surface area contributed by atoms with Crippen molar-refractivity contribution in [1.82, 2.24) is 0 Å². The van der Waals surface area contributed by atoms with E-state index in [1.165, 1.54) is 0 Å². The van der Waals surface area contributed by atoms with Crippen LogP contribution in [0.3, 0.4) is 0 Å². The lowest BCUT2D eigenvalue weighted by Crippen LogP contribution is -2.19. The number of nitrogens with zero attached hydrogens (tertiary/aromatic N) is 1. The van der Waals surface area contributed by atoms with E-state index < -0.39 is 50.3 Å². The molecule has 0 spiro atoms. The van der Waals surface area contributed by atoms with Crippen molar-refractivity contribution >= 4 is 21.4 Å². The number of aliphatic hydroxyl groups excluding tert-OH is 1. The summed E-state index contributed by atoms with van der Waals surface area (Å²) in [5, 5.41) is 18.9. The Balaban J connectivity index is 3.18. The molecule has 0 atom stereocenters. The Labute approximate surface area is 100 Å². The summed E-state index contributed by atoms with van der Waals surface area (Å²) in [5.41, 5.74) is -1.81. The summed E-state index contributed by atoms with van der Waals surface area (Å²) in [6, 6.07) is 0.633. The molecule has 0 saturated carbocycles. The summed E-state index contributed by atoms with van der Waals surface area (Å²) in [4.78, 5) is 9.29. The van der Waals surface area contributed by atoms with E-state index in [2.05, 4.69) is 0 Å². The number of nitro benzene ring substituents is 1. The zero-order chi connectivity index (χ0) is 13.9. The molecular weight excluding hydrogens is 274 g/mol. The second-order valence-electron chi connectivity index (χ2n) is 3.19. The van der Waals surface area contributed by atoms with Crippen molar-refractivity contribution in [3.63, 3.8) is 0 Å². The number of halogens is 2. The second kappa shape index (κ2) is 5.23. The van der Waals surface area contributed by atoms with Crippen LogP contribution in [0.4, 0.5) is 20.2 Å². The molecule has 18 heavy (non-hydrogen) atoms. The van der Waals surface area contributed by atoms with Crippen molar-refractivity contribution in [3.05, 3.63) is 33.9 Å². The van der Waals surface area contributed by atoms with Crippen LogP contribution in [0.1, 0.15) is 0 Å². The first-order valence-corrected chi connectivity index (χ1v) is 6.17. The number of benzene rings is 1. The summed E-state index contributed by atoms with van der Waals surface area (Å²) >= 11 is 0. The molecule has 1 aromatic rings. The normalized spacial score (nSPS) is 11.3. The summed E-state index contributed by atoms with van der Waals surface area (Å²) in [6.07, 6.45) is 0. The van der Waals surface area contributed by atoms with E-state index in [1.54, 1.807) is 4.72 Å². The maximum Gasteiger partial charge on any atom is 0.307 e. The van der Waals surface area contributed by atoms with Crippen LogP contribution >= 0.6 is 0 Å². The maximum absolute atomic E-state index is 13.2. The van der Waals surface area contributed by atoms with Gasteiger partial charge in [-0.05, 0) is 0 Å². The number of aliphatic hydroxyl groups is 1. The zero-order valence-electron chi connectivity index (χ0n) is 8.76. The van der Waals surface area contributed by atoms with E-state index in [-0.39, 0.29) is 6.07 Å². The molecule has 1 aromatic carbocycles. The second-order valence-corrected chi connectivity index (χ2v) is 5.03. The average molecular weight is 282 g/mol. The first kappa shape index (κ1) is 14.3. The van der Waals surface area contributed by atoms with Crippen molar-refractivity contribution in [3.8, 4) is 0 Å². The number of nitro groups is 1. The summed E-state index contributed by atoms with van der Waals surface area (Å²) in [7, 11) is -4.05. The van der Waals surface area contributed by atoms with Crippen LogP contribution in [-0.4, -0.2) is 30.8 Å². The van der Waals surface area contributed by atoms with E-state index in [0.29, 0.717) is 6.07 Å². The molecule has 0 amide bonds. The third kappa shape index (κ3) is 3.34. The topological polar surface area (TPSA) is 110 Å². The number of sulfonamides is 1. The Morgan fingerprint density at radius 2 is 1.94 bits per heavy atom. The zero-order valence-corrected chi connectivity index (χ0v) is 9.58. The molecule has 100 valence electrons. The predicted octanol–water partition coefficient (Wildman–Crippen LogP) is 0.607. The fourth-order valence-electron chi connectivity index (χ4n) is 1.09. The minimum atomic E-state index is -4.05. The number of rotatable bonds is 5. The van der Waals surface area contributed by atoms with E-state index in [4.69, 9.17) is 5.11 Å². The number of hydrogen-bond acceptors (Lipinski definition) is 5. The van der Waals surface area contributed by atoms with Gasteiger partial charge in [-0.2, -0.15) is 4.39 Å². The van der Waals surface area contributed by atoms with Gasteiger partial charge in [-0.25, -0.2) is 12.8 Å². The quantitative estimate of drug-likeness (QED) is 0.607. The molecule has 0 aliphatic rings. The third-order valence-corrected chi connectivity index (χ3v) is 3.11. The molecule has 0 fully saturated rings. The minimum absolute atomic E-state index is 0.203. The van der Waals surface area contributed by atoms with Gasteiger partial charge in [0.2, 0.25) is 15.8 Å². The molecule has 10 heteroatoms. The maximum atomic E-state index is 13.2. The van der Waals surface area contributed by atoms with Crippen molar-refractivity contribution in [2.45, 2.75) is 0 Å². The van der Waals surface area contributed by atoms with Gasteiger partial charge in [0.1, 0.15) is 0 Å². The molecule has 0 aliphatic heterocycles. The Kier molecular flexibility index (Phi) is 4.14. The highest BCUT2D eigenvalue weighted by atomic mass is 32.2. The molecule has 0 heterocycles. The smallest absolute Gasteiger partial charge is 0.307 e. The number of nitrogens with one attached hydrogen (secondary N) is 1. The largest absolute Gasteiger partial charge is 0.395 e. The number of hydrogen-bond donors (Lipinski definition) is 2. The van der Waals surface area contributed by atoms with Gasteiger partial charge in [0.15, 0.2) is 5.82 Å². The fraction of sp³-hybridized carbons (Fsp3) is 0.250. The third-order valence-electron chi connectivity index (χ3n) is 1.86. The molecule has 0 aliphatic carbocycles. The van der Waals surface area contributed by atoms with Gasteiger partial charge in [-0.3, -0.25) is 14.8 Å². The summed E-state index contributed by atoms with van der Waals surface area (Å²) in [5.74, 6) is -3.42. The molecule has 0 radical (unpaired) electrons. The number of anilines is 1. The molecule has 1 rings (SSSR count). The highest BCUT2D eigenvalue weighted by Crippen LogP contribution is 2.25. The lowest BCUT2D eigenvalue weighted by atomic mass is 10.2. The van der Waals surface area contributed by atoms with Crippen LogP contribution in [0.2, 0.25) is 0 Å². The molecule has 7 nitrogen and oxygen atoms in total. The van der Waals surface area contributed by atoms with Crippen LogP contribution in [0, 0.1) is 21.7 Å². The monoisotopic (exact) mass is 282 g/mol. The SMILES string of the molecule is O=[N+]([O-])c1cc(NS(=O)(=O)CCO)c(F)cc1F. The van der Waals surface area contributed by atoms with Crippen LogP contribution < -0.4 is 4.72 Å². The minimum Gasteiger partial charge on any atom is -0.395 e. The van der Waals surface area contributed by atoms with E-state index in [0.717, 1.165) is 0 Å². The lowest BCUT2D eigenvalue weighted by Gasteiger charge is -2.07. The Bertz CT molecular complexity index is 575. The molecule has 0 aromatic heterocycles. The highest BCUT2D eigenvalue weighted by Gasteiger charge is 2.21. The lowest BCUT2D eigenvalue weighted by molar-refractivity contribution is -0.387. The molecule has 0 bridgehead atoms. The van der Waals surface area contributed by atoms with Gasteiger partial charge in [0.05, 0.1) is 23.0 Å². The summed E-state index contributed by atoms with van der Waals surface area (Å²) in [6.45, 7) is -0.708. The van der Waals surface area contributed by atoms with Crippen LogP contribution in [0.25, 0.3) is 0 Å². The molecule has 0 saturated heterocycles. The van der Waals surface area contributed by atoms with Gasteiger partial charge in [-0.1, -0.05) is 0 Å². The van der Waals surface area contributed by atoms with E-state index in [9.17, 15) is 27.3 Å². The van der Waals surface area contributed by atoms with Crippen molar-refractivity contribution in [1.29, 1.82) is 0 Å². The average Bonchev–Trinajstić information content (AvgIpc) is 2.21. The van der Waals surface area contributed by atoms with Gasteiger partial charge in [0.25, 0.3) is 0 Å².